The van der Waals surface area contributed by atoms with Crippen LogP contribution in [0.3, 0.4) is 0 Å². The molecule has 0 atom stereocenters. The highest BCUT2D eigenvalue weighted by Crippen LogP contribution is 2.47. The molecule has 2 heterocycles. The van der Waals surface area contributed by atoms with Gasteiger partial charge in [-0.3, -0.25) is 0 Å². The molecule has 3 nitrogen and oxygen atoms in total. The highest BCUT2D eigenvalue weighted by atomic mass is 16.3. The van der Waals surface area contributed by atoms with E-state index >= 15 is 0 Å². The van der Waals surface area contributed by atoms with Gasteiger partial charge >= 0.3 is 0 Å². The van der Waals surface area contributed by atoms with Crippen molar-refractivity contribution in [2.24, 2.45) is 0 Å². The van der Waals surface area contributed by atoms with Gasteiger partial charge in [0.05, 0.1) is 22.4 Å². The summed E-state index contributed by atoms with van der Waals surface area (Å²) >= 11 is 0. The average molecular weight is 905 g/mol. The lowest BCUT2D eigenvalue weighted by Crippen LogP contribution is -2.11. The quantitative estimate of drug-likeness (QED) is 0.142. The summed E-state index contributed by atoms with van der Waals surface area (Å²) in [7, 11) is 0. The van der Waals surface area contributed by atoms with Gasteiger partial charge in [-0.05, 0) is 110 Å². The van der Waals surface area contributed by atoms with Gasteiger partial charge in [0.1, 0.15) is 11.2 Å². The molecular formula is C68H44N2O. The van der Waals surface area contributed by atoms with E-state index in [0.29, 0.717) is 0 Å². The second kappa shape index (κ2) is 16.7. The van der Waals surface area contributed by atoms with Crippen LogP contribution in [0.25, 0.3) is 115 Å². The maximum absolute atomic E-state index is 6.53. The lowest BCUT2D eigenvalue weighted by atomic mass is 9.92. The predicted molar refractivity (Wildman–Crippen MR) is 299 cm³/mol. The summed E-state index contributed by atoms with van der Waals surface area (Å²) in [5.74, 6) is 0. The number of para-hydroxylation sites is 6. The normalized spacial score (nSPS) is 11.7. The van der Waals surface area contributed by atoms with Crippen LogP contribution >= 0.6 is 0 Å². The largest absolute Gasteiger partial charge is 0.455 e. The molecule has 14 rings (SSSR count). The Morgan fingerprint density at radius 1 is 0.296 bits per heavy atom. The van der Waals surface area contributed by atoms with Crippen LogP contribution < -0.4 is 4.90 Å². The second-order valence-electron chi connectivity index (χ2n) is 18.4. The Bertz CT molecular complexity index is 4310. The number of hydrogen-bond donors (Lipinski definition) is 0. The molecule has 0 saturated heterocycles. The maximum atomic E-state index is 6.53. The summed E-state index contributed by atoms with van der Waals surface area (Å²) in [5, 5.41) is 9.74. The Morgan fingerprint density at radius 3 is 1.65 bits per heavy atom. The molecule has 332 valence electrons. The monoisotopic (exact) mass is 904 g/mol. The minimum Gasteiger partial charge on any atom is -0.455 e. The van der Waals surface area contributed by atoms with Gasteiger partial charge in [-0.2, -0.15) is 0 Å². The summed E-state index contributed by atoms with van der Waals surface area (Å²) < 4.78 is 8.97. The van der Waals surface area contributed by atoms with Gasteiger partial charge in [0.25, 0.3) is 0 Å². The molecule has 0 bridgehead atoms. The second-order valence-corrected chi connectivity index (χ2v) is 18.4. The average Bonchev–Trinajstić information content (AvgIpc) is 4.00. The Balaban J connectivity index is 0.943. The number of nitrogens with zero attached hydrogens (tertiary/aromatic N) is 2. The molecule has 2 aromatic heterocycles. The summed E-state index contributed by atoms with van der Waals surface area (Å²) in [6.07, 6.45) is 0. The Morgan fingerprint density at radius 2 is 0.845 bits per heavy atom. The molecular weight excluding hydrogens is 861 g/mol. The highest BCUT2D eigenvalue weighted by Gasteiger charge is 2.23. The zero-order valence-corrected chi connectivity index (χ0v) is 38.7. The van der Waals surface area contributed by atoms with E-state index in [2.05, 4.69) is 264 Å². The van der Waals surface area contributed by atoms with E-state index in [4.69, 9.17) is 4.42 Å². The number of benzene rings is 12. The lowest BCUT2D eigenvalue weighted by Gasteiger charge is -2.29. The molecule has 0 aliphatic heterocycles. The van der Waals surface area contributed by atoms with Gasteiger partial charge in [-0.1, -0.05) is 206 Å². The smallest absolute Gasteiger partial charge is 0.143 e. The first-order valence-corrected chi connectivity index (χ1v) is 24.3. The summed E-state index contributed by atoms with van der Waals surface area (Å²) in [4.78, 5) is 2.43. The van der Waals surface area contributed by atoms with Crippen molar-refractivity contribution in [1.82, 2.24) is 4.57 Å². The van der Waals surface area contributed by atoms with E-state index in [1.54, 1.807) is 0 Å². The number of rotatable bonds is 8. The summed E-state index contributed by atoms with van der Waals surface area (Å²) in [5.41, 5.74) is 17.5. The van der Waals surface area contributed by atoms with E-state index in [0.717, 1.165) is 83.6 Å². The number of anilines is 3. The fraction of sp³-hybridized carbons (Fsp3) is 0. The fourth-order valence-corrected chi connectivity index (χ4v) is 11.1. The van der Waals surface area contributed by atoms with Crippen molar-refractivity contribution in [2.45, 2.75) is 0 Å². The number of aromatic nitrogens is 1. The van der Waals surface area contributed by atoms with Gasteiger partial charge in [0.2, 0.25) is 0 Å². The van der Waals surface area contributed by atoms with Crippen LogP contribution in [0.15, 0.2) is 271 Å². The van der Waals surface area contributed by atoms with Gasteiger partial charge < -0.3 is 13.9 Å². The Labute approximate surface area is 411 Å². The minimum absolute atomic E-state index is 0.895. The molecule has 14 aromatic rings. The van der Waals surface area contributed by atoms with E-state index in [9.17, 15) is 0 Å². The number of fused-ring (bicyclic) bond motifs is 9. The third-order valence-electron chi connectivity index (χ3n) is 14.4. The molecule has 71 heavy (non-hydrogen) atoms. The first-order valence-electron chi connectivity index (χ1n) is 24.3. The van der Waals surface area contributed by atoms with Gasteiger partial charge in [0.15, 0.2) is 0 Å². The van der Waals surface area contributed by atoms with Crippen molar-refractivity contribution in [3.63, 3.8) is 0 Å². The molecule has 0 fully saturated rings. The minimum atomic E-state index is 0.895. The standard InChI is InChI=1S/C68H44N2O/c1-2-20-52-45(17-1)35-36-49-43-48(39-42-53(49)52)47-18-15-19-51(44-47)69(50-40-37-46(38-41-50)54-28-16-29-62-61-27-9-14-34-67(61)71-68(54)62)63-30-10-5-23-57(63)55-21-3-4-22-56(55)58-24-6-11-31-64(58)70-65-32-12-7-25-59(65)60-26-8-13-33-66(60)70/h1-44H. The molecule has 0 amide bonds. The van der Waals surface area contributed by atoms with E-state index < -0.39 is 0 Å². The molecule has 0 unspecified atom stereocenters. The first-order chi connectivity index (χ1) is 35.2. The van der Waals surface area contributed by atoms with Gasteiger partial charge in [-0.25, -0.2) is 0 Å². The van der Waals surface area contributed by atoms with E-state index in [1.807, 2.05) is 12.1 Å². The molecule has 0 aliphatic rings. The number of furan rings is 1. The van der Waals surface area contributed by atoms with E-state index in [1.165, 1.54) is 48.9 Å². The molecule has 0 spiro atoms. The van der Waals surface area contributed by atoms with Crippen molar-refractivity contribution in [2.75, 3.05) is 4.90 Å². The molecule has 0 aliphatic carbocycles. The molecule has 0 saturated carbocycles. The third kappa shape index (κ3) is 6.74. The first kappa shape index (κ1) is 40.6. The molecule has 3 heteroatoms. The van der Waals surface area contributed by atoms with Crippen LogP contribution in [0.2, 0.25) is 0 Å². The van der Waals surface area contributed by atoms with Crippen molar-refractivity contribution in [3.8, 4) is 50.2 Å². The van der Waals surface area contributed by atoms with Gasteiger partial charge in [-0.15, -0.1) is 0 Å². The van der Waals surface area contributed by atoms with Crippen LogP contribution in [0.1, 0.15) is 0 Å². The van der Waals surface area contributed by atoms with Crippen molar-refractivity contribution < 1.29 is 4.42 Å². The molecule has 0 N–H and O–H groups in total. The number of hydrogen-bond acceptors (Lipinski definition) is 2. The molecule has 12 aromatic carbocycles. The van der Waals surface area contributed by atoms with E-state index in [-0.39, 0.29) is 0 Å². The van der Waals surface area contributed by atoms with Crippen LogP contribution in [0.4, 0.5) is 17.1 Å². The Hall–Kier alpha value is -9.44. The van der Waals surface area contributed by atoms with Crippen molar-refractivity contribution >= 4 is 82.4 Å². The van der Waals surface area contributed by atoms with Crippen LogP contribution in [-0.4, -0.2) is 4.57 Å². The SMILES string of the molecule is c1cc(-c2ccc3c(ccc4ccccc43)c2)cc(N(c2ccc(-c3cccc4c3oc3ccccc34)cc2)c2ccccc2-c2ccccc2-c2ccccc2-n2c3ccccc3c3ccccc32)c1. The third-order valence-corrected chi connectivity index (χ3v) is 14.4. The summed E-state index contributed by atoms with van der Waals surface area (Å²) in [6.45, 7) is 0. The predicted octanol–water partition coefficient (Wildman–Crippen LogP) is 19.1. The maximum Gasteiger partial charge on any atom is 0.143 e. The highest BCUT2D eigenvalue weighted by molar-refractivity contribution is 6.12. The zero-order chi connectivity index (χ0) is 46.8. The van der Waals surface area contributed by atoms with Crippen LogP contribution in [0.5, 0.6) is 0 Å². The topological polar surface area (TPSA) is 21.3 Å². The van der Waals surface area contributed by atoms with Crippen molar-refractivity contribution in [1.29, 1.82) is 0 Å². The summed E-state index contributed by atoms with van der Waals surface area (Å²) in [6, 6.07) is 96.8. The van der Waals surface area contributed by atoms with Crippen molar-refractivity contribution in [3.05, 3.63) is 267 Å². The van der Waals surface area contributed by atoms with Crippen LogP contribution in [0, 0.1) is 0 Å². The fourth-order valence-electron chi connectivity index (χ4n) is 11.1. The molecule has 0 radical (unpaired) electrons. The Kier molecular flexibility index (Phi) is 9.53. The van der Waals surface area contributed by atoms with Gasteiger partial charge in [0, 0.05) is 49.6 Å². The lowest BCUT2D eigenvalue weighted by molar-refractivity contribution is 0.670. The zero-order valence-electron chi connectivity index (χ0n) is 38.7. The van der Waals surface area contributed by atoms with Crippen LogP contribution in [-0.2, 0) is 0 Å².